The first-order valence-corrected chi connectivity index (χ1v) is 7.83. The van der Waals surface area contributed by atoms with Crippen LogP contribution in [0.1, 0.15) is 11.1 Å². The third kappa shape index (κ3) is 3.61. The van der Waals surface area contributed by atoms with Crippen LogP contribution in [0.4, 0.5) is 0 Å². The van der Waals surface area contributed by atoms with E-state index in [4.69, 9.17) is 16.0 Å². The number of hydrogen-bond donors (Lipinski definition) is 2. The SMILES string of the molecule is CNCc1ccc(S(=O)(=O)NCc2ccoc2)cc1Cl. The fourth-order valence-corrected chi connectivity index (χ4v) is 3.04. The van der Waals surface area contributed by atoms with Gasteiger partial charge < -0.3 is 9.73 Å². The summed E-state index contributed by atoms with van der Waals surface area (Å²) in [6.07, 6.45) is 2.98. The Hall–Kier alpha value is -1.34. The summed E-state index contributed by atoms with van der Waals surface area (Å²) in [5.74, 6) is 0. The minimum absolute atomic E-state index is 0.144. The zero-order chi connectivity index (χ0) is 14.6. The van der Waals surface area contributed by atoms with E-state index in [1.54, 1.807) is 19.2 Å². The lowest BCUT2D eigenvalue weighted by molar-refractivity contribution is 0.561. The average Bonchev–Trinajstić information content (AvgIpc) is 2.92. The van der Waals surface area contributed by atoms with Crippen LogP contribution in [0.3, 0.4) is 0 Å². The Morgan fingerprint density at radius 1 is 1.25 bits per heavy atom. The Morgan fingerprint density at radius 3 is 2.65 bits per heavy atom. The molecule has 0 saturated heterocycles. The van der Waals surface area contributed by atoms with Crippen molar-refractivity contribution in [1.82, 2.24) is 10.0 Å². The maximum Gasteiger partial charge on any atom is 0.240 e. The number of sulfonamides is 1. The molecule has 5 nitrogen and oxygen atoms in total. The molecule has 2 N–H and O–H groups in total. The Kier molecular flexibility index (Phi) is 4.82. The van der Waals surface area contributed by atoms with Gasteiger partial charge >= 0.3 is 0 Å². The smallest absolute Gasteiger partial charge is 0.240 e. The number of hydrogen-bond acceptors (Lipinski definition) is 4. The zero-order valence-corrected chi connectivity index (χ0v) is 12.5. The van der Waals surface area contributed by atoms with Gasteiger partial charge in [-0.25, -0.2) is 13.1 Å². The monoisotopic (exact) mass is 314 g/mol. The Bertz CT molecular complexity index is 669. The molecule has 0 amide bonds. The lowest BCUT2D eigenvalue weighted by Gasteiger charge is -2.08. The average molecular weight is 315 g/mol. The second kappa shape index (κ2) is 6.41. The molecule has 0 unspecified atom stereocenters. The van der Waals surface area contributed by atoms with Crippen molar-refractivity contribution >= 4 is 21.6 Å². The van der Waals surface area contributed by atoms with Crippen LogP contribution in [0.25, 0.3) is 0 Å². The molecule has 0 aliphatic heterocycles. The van der Waals surface area contributed by atoms with Gasteiger partial charge in [0.05, 0.1) is 17.4 Å². The van der Waals surface area contributed by atoms with Crippen molar-refractivity contribution in [2.75, 3.05) is 7.05 Å². The van der Waals surface area contributed by atoms with Gasteiger partial charge in [0.15, 0.2) is 0 Å². The first-order chi connectivity index (χ1) is 9.53. The van der Waals surface area contributed by atoms with Crippen molar-refractivity contribution in [2.24, 2.45) is 0 Å². The summed E-state index contributed by atoms with van der Waals surface area (Å²) >= 11 is 6.07. The molecular weight excluding hydrogens is 300 g/mol. The van der Waals surface area contributed by atoms with Crippen LogP contribution in [0.5, 0.6) is 0 Å². The van der Waals surface area contributed by atoms with Crippen molar-refractivity contribution < 1.29 is 12.8 Å². The summed E-state index contributed by atoms with van der Waals surface area (Å²) < 4.78 is 31.6. The molecule has 0 spiro atoms. The molecular formula is C13H15ClN2O3S. The second-order valence-electron chi connectivity index (χ2n) is 4.24. The van der Waals surface area contributed by atoms with Gasteiger partial charge in [-0.1, -0.05) is 17.7 Å². The quantitative estimate of drug-likeness (QED) is 0.857. The topological polar surface area (TPSA) is 71.3 Å². The Balaban J connectivity index is 2.14. The van der Waals surface area contributed by atoms with Gasteiger partial charge in [-0.3, -0.25) is 0 Å². The molecule has 2 rings (SSSR count). The Labute approximate surface area is 123 Å². The van der Waals surface area contributed by atoms with Crippen molar-refractivity contribution in [3.8, 4) is 0 Å². The van der Waals surface area contributed by atoms with E-state index in [1.165, 1.54) is 24.7 Å². The van der Waals surface area contributed by atoms with E-state index in [9.17, 15) is 8.42 Å². The van der Waals surface area contributed by atoms with E-state index in [2.05, 4.69) is 10.0 Å². The minimum atomic E-state index is -3.59. The van der Waals surface area contributed by atoms with Gasteiger partial charge in [0.1, 0.15) is 0 Å². The number of nitrogens with one attached hydrogen (secondary N) is 2. The highest BCUT2D eigenvalue weighted by molar-refractivity contribution is 7.89. The molecule has 0 radical (unpaired) electrons. The van der Waals surface area contributed by atoms with Gasteiger partial charge in [-0.2, -0.15) is 0 Å². The molecule has 1 heterocycles. The molecule has 0 atom stereocenters. The fraction of sp³-hybridized carbons (Fsp3) is 0.231. The number of halogens is 1. The molecule has 0 aliphatic rings. The summed E-state index contributed by atoms with van der Waals surface area (Å²) in [6, 6.07) is 6.39. The van der Waals surface area contributed by atoms with E-state index in [1.807, 2.05) is 0 Å². The number of benzene rings is 1. The molecule has 0 aliphatic carbocycles. The minimum Gasteiger partial charge on any atom is -0.472 e. The predicted octanol–water partition coefficient (Wildman–Crippen LogP) is 2.13. The lowest BCUT2D eigenvalue weighted by atomic mass is 10.2. The van der Waals surface area contributed by atoms with Crippen molar-refractivity contribution in [3.05, 3.63) is 52.9 Å². The molecule has 108 valence electrons. The highest BCUT2D eigenvalue weighted by Crippen LogP contribution is 2.21. The third-order valence-electron chi connectivity index (χ3n) is 2.75. The first kappa shape index (κ1) is 15.1. The van der Waals surface area contributed by atoms with E-state index in [0.29, 0.717) is 11.6 Å². The molecule has 1 aromatic carbocycles. The molecule has 0 fully saturated rings. The van der Waals surface area contributed by atoms with Crippen LogP contribution in [0.2, 0.25) is 5.02 Å². The van der Waals surface area contributed by atoms with Crippen molar-refractivity contribution in [3.63, 3.8) is 0 Å². The third-order valence-corrected chi connectivity index (χ3v) is 4.50. The summed E-state index contributed by atoms with van der Waals surface area (Å²) in [6.45, 7) is 0.760. The molecule has 7 heteroatoms. The van der Waals surface area contributed by atoms with E-state index in [-0.39, 0.29) is 11.4 Å². The van der Waals surface area contributed by atoms with E-state index >= 15 is 0 Å². The van der Waals surface area contributed by atoms with Crippen molar-refractivity contribution in [1.29, 1.82) is 0 Å². The van der Waals surface area contributed by atoms with Gasteiger partial charge in [0, 0.05) is 23.7 Å². The number of furan rings is 1. The molecule has 1 aromatic heterocycles. The standard InChI is InChI=1S/C13H15ClN2O3S/c1-15-8-11-2-3-12(6-13(11)14)20(17,18)16-7-10-4-5-19-9-10/h2-6,9,15-16H,7-8H2,1H3. The van der Waals surface area contributed by atoms with Gasteiger partial charge in [0.25, 0.3) is 0 Å². The van der Waals surface area contributed by atoms with Crippen LogP contribution in [0.15, 0.2) is 46.1 Å². The summed E-state index contributed by atoms with van der Waals surface area (Å²) in [5.41, 5.74) is 1.61. The normalized spacial score (nSPS) is 11.7. The molecule has 2 aromatic rings. The van der Waals surface area contributed by atoms with Gasteiger partial charge in [0.2, 0.25) is 10.0 Å². The maximum absolute atomic E-state index is 12.1. The summed E-state index contributed by atoms with van der Waals surface area (Å²) in [5, 5.41) is 3.39. The highest BCUT2D eigenvalue weighted by Gasteiger charge is 2.15. The van der Waals surface area contributed by atoms with Gasteiger partial charge in [-0.15, -0.1) is 0 Å². The Morgan fingerprint density at radius 2 is 2.05 bits per heavy atom. The summed E-state index contributed by atoms with van der Waals surface area (Å²) in [7, 11) is -1.79. The fourth-order valence-electron chi connectivity index (χ4n) is 1.68. The maximum atomic E-state index is 12.1. The zero-order valence-electron chi connectivity index (χ0n) is 10.9. The van der Waals surface area contributed by atoms with E-state index < -0.39 is 10.0 Å². The number of rotatable bonds is 6. The first-order valence-electron chi connectivity index (χ1n) is 5.96. The van der Waals surface area contributed by atoms with Crippen molar-refractivity contribution in [2.45, 2.75) is 18.0 Å². The largest absolute Gasteiger partial charge is 0.472 e. The highest BCUT2D eigenvalue weighted by atomic mass is 35.5. The molecule has 20 heavy (non-hydrogen) atoms. The van der Waals surface area contributed by atoms with Crippen LogP contribution < -0.4 is 10.0 Å². The van der Waals surface area contributed by atoms with Crippen LogP contribution in [-0.2, 0) is 23.1 Å². The lowest BCUT2D eigenvalue weighted by Crippen LogP contribution is -2.23. The molecule has 0 bridgehead atoms. The van der Waals surface area contributed by atoms with Gasteiger partial charge in [-0.05, 0) is 30.8 Å². The molecule has 0 saturated carbocycles. The van der Waals surface area contributed by atoms with Crippen LogP contribution in [-0.4, -0.2) is 15.5 Å². The predicted molar refractivity (Wildman–Crippen MR) is 76.9 cm³/mol. The van der Waals surface area contributed by atoms with Crippen LogP contribution >= 0.6 is 11.6 Å². The second-order valence-corrected chi connectivity index (χ2v) is 6.41. The van der Waals surface area contributed by atoms with E-state index in [0.717, 1.165) is 11.1 Å². The van der Waals surface area contributed by atoms with Crippen LogP contribution in [0, 0.1) is 0 Å². The summed E-state index contributed by atoms with van der Waals surface area (Å²) in [4.78, 5) is 0.144.